The Hall–Kier alpha value is -1.63. The van der Waals surface area contributed by atoms with Crippen LogP contribution in [0.2, 0.25) is 0 Å². The summed E-state index contributed by atoms with van der Waals surface area (Å²) in [5.74, 6) is -0.509. The number of esters is 1. The summed E-state index contributed by atoms with van der Waals surface area (Å²) < 4.78 is 5.85. The van der Waals surface area contributed by atoms with E-state index in [2.05, 4.69) is 27.7 Å². The van der Waals surface area contributed by atoms with Crippen LogP contribution in [0.25, 0.3) is 0 Å². The first-order valence-corrected chi connectivity index (χ1v) is 16.8. The molecule has 4 saturated carbocycles. The number of carboxylic acid groups (broad SMARTS) is 1. The maximum atomic E-state index is 14.6. The molecule has 0 amide bonds. The van der Waals surface area contributed by atoms with Gasteiger partial charge in [0.05, 0.1) is 10.8 Å². The SMILES string of the molecule is CCSC(=O)[C@]1(C)[C@@H](OC(C)=O)CC[C@@]2(C)[C@H]1CC[C@]1(C)[C@@H]2C(=O)C=C2[C@@H]3C[C@@](C)(C(=O)O)CC[C@]3(C)CC[C@]21C. The van der Waals surface area contributed by atoms with Crippen molar-refractivity contribution in [1.29, 1.82) is 0 Å². The monoisotopic (exact) mass is 586 g/mol. The number of thioether (sulfide) groups is 1. The molecule has 41 heavy (non-hydrogen) atoms. The van der Waals surface area contributed by atoms with Gasteiger partial charge in [-0.3, -0.25) is 19.2 Å². The molecule has 0 spiro atoms. The zero-order valence-electron chi connectivity index (χ0n) is 26.4. The molecule has 1 N–H and O–H groups in total. The molecule has 0 aliphatic heterocycles. The van der Waals surface area contributed by atoms with E-state index in [-0.39, 0.29) is 50.9 Å². The molecule has 0 aromatic rings. The minimum atomic E-state index is -0.857. The molecule has 0 unspecified atom stereocenters. The molecule has 0 saturated heterocycles. The molecule has 228 valence electrons. The third kappa shape index (κ3) is 4.09. The molecule has 6 nitrogen and oxygen atoms in total. The van der Waals surface area contributed by atoms with Crippen LogP contribution in [0.1, 0.15) is 113 Å². The van der Waals surface area contributed by atoms with E-state index in [9.17, 15) is 24.3 Å². The average molecular weight is 587 g/mol. The van der Waals surface area contributed by atoms with E-state index in [1.54, 1.807) is 0 Å². The van der Waals surface area contributed by atoms with Crippen molar-refractivity contribution >= 4 is 34.6 Å². The zero-order valence-corrected chi connectivity index (χ0v) is 27.2. The number of hydrogen-bond acceptors (Lipinski definition) is 6. The van der Waals surface area contributed by atoms with Crippen molar-refractivity contribution in [2.24, 2.45) is 50.2 Å². The number of rotatable bonds is 4. The minimum Gasteiger partial charge on any atom is -0.481 e. The lowest BCUT2D eigenvalue weighted by Gasteiger charge is -2.70. The van der Waals surface area contributed by atoms with Gasteiger partial charge < -0.3 is 9.84 Å². The van der Waals surface area contributed by atoms with Gasteiger partial charge in [-0.15, -0.1) is 0 Å². The average Bonchev–Trinajstić information content (AvgIpc) is 2.88. The van der Waals surface area contributed by atoms with Crippen molar-refractivity contribution in [2.45, 2.75) is 119 Å². The third-order valence-electron chi connectivity index (χ3n) is 13.7. The predicted octanol–water partition coefficient (Wildman–Crippen LogP) is 7.24. The van der Waals surface area contributed by atoms with E-state index in [1.807, 2.05) is 26.8 Å². The number of aliphatic carboxylic acids is 1. The van der Waals surface area contributed by atoms with E-state index in [1.165, 1.54) is 24.3 Å². The van der Waals surface area contributed by atoms with Gasteiger partial charge in [0.25, 0.3) is 0 Å². The summed E-state index contributed by atoms with van der Waals surface area (Å²) in [7, 11) is 0. The lowest BCUT2D eigenvalue weighted by atomic mass is 9.33. The predicted molar refractivity (Wildman–Crippen MR) is 160 cm³/mol. The van der Waals surface area contributed by atoms with Gasteiger partial charge in [0, 0.05) is 12.8 Å². The van der Waals surface area contributed by atoms with E-state index >= 15 is 0 Å². The number of carboxylic acids is 1. The highest BCUT2D eigenvalue weighted by Crippen LogP contribution is 2.75. The Morgan fingerprint density at radius 3 is 2.24 bits per heavy atom. The Morgan fingerprint density at radius 2 is 1.63 bits per heavy atom. The molecule has 10 atom stereocenters. The van der Waals surface area contributed by atoms with E-state index < -0.39 is 28.3 Å². The second kappa shape index (κ2) is 9.69. The molecular formula is C34H50O6S. The fraction of sp³-hybridized carbons (Fsp3) is 0.824. The molecule has 0 aromatic carbocycles. The number of hydrogen-bond donors (Lipinski definition) is 1. The lowest BCUT2D eigenvalue weighted by Crippen LogP contribution is -2.68. The smallest absolute Gasteiger partial charge is 0.309 e. The molecule has 5 aliphatic rings. The summed E-state index contributed by atoms with van der Waals surface area (Å²) in [6.07, 6.45) is 8.57. The van der Waals surface area contributed by atoms with E-state index in [0.717, 1.165) is 38.5 Å². The normalized spacial score (nSPS) is 49.0. The van der Waals surface area contributed by atoms with Gasteiger partial charge in [0.15, 0.2) is 10.9 Å². The van der Waals surface area contributed by atoms with Crippen molar-refractivity contribution in [3.05, 3.63) is 11.6 Å². The lowest BCUT2D eigenvalue weighted by molar-refractivity contribution is -0.210. The third-order valence-corrected chi connectivity index (χ3v) is 14.7. The first kappa shape index (κ1) is 30.8. The highest BCUT2D eigenvalue weighted by Gasteiger charge is 2.72. The van der Waals surface area contributed by atoms with Crippen LogP contribution in [-0.4, -0.2) is 39.8 Å². The summed E-state index contributed by atoms with van der Waals surface area (Å²) in [5, 5.41) is 10.2. The quantitative estimate of drug-likeness (QED) is 0.347. The fourth-order valence-corrected chi connectivity index (χ4v) is 11.8. The number of fused-ring (bicyclic) bond motifs is 7. The van der Waals surface area contributed by atoms with Crippen molar-refractivity contribution in [3.63, 3.8) is 0 Å². The number of ketones is 1. The van der Waals surface area contributed by atoms with Gasteiger partial charge >= 0.3 is 11.9 Å². The molecule has 0 radical (unpaired) electrons. The van der Waals surface area contributed by atoms with Crippen LogP contribution >= 0.6 is 11.8 Å². The van der Waals surface area contributed by atoms with Gasteiger partial charge in [0.1, 0.15) is 6.10 Å². The Morgan fingerprint density at radius 1 is 0.976 bits per heavy atom. The minimum absolute atomic E-state index is 0.00927. The Bertz CT molecular complexity index is 1210. The van der Waals surface area contributed by atoms with Crippen molar-refractivity contribution in [3.8, 4) is 0 Å². The van der Waals surface area contributed by atoms with Gasteiger partial charge in [-0.2, -0.15) is 0 Å². The topological polar surface area (TPSA) is 97.7 Å². The zero-order chi connectivity index (χ0) is 30.4. The van der Waals surface area contributed by atoms with Crippen LogP contribution in [-0.2, 0) is 23.9 Å². The maximum Gasteiger partial charge on any atom is 0.309 e. The van der Waals surface area contributed by atoms with Crippen LogP contribution in [0.15, 0.2) is 11.6 Å². The first-order valence-electron chi connectivity index (χ1n) is 15.8. The fourth-order valence-electron chi connectivity index (χ4n) is 11.0. The van der Waals surface area contributed by atoms with Gasteiger partial charge in [0.2, 0.25) is 0 Å². The van der Waals surface area contributed by atoms with Crippen LogP contribution in [0.4, 0.5) is 0 Å². The summed E-state index contributed by atoms with van der Waals surface area (Å²) in [4.78, 5) is 52.9. The van der Waals surface area contributed by atoms with Gasteiger partial charge in [-0.25, -0.2) is 0 Å². The molecule has 0 aromatic heterocycles. The van der Waals surface area contributed by atoms with E-state index in [0.29, 0.717) is 25.0 Å². The maximum absolute atomic E-state index is 14.6. The van der Waals surface area contributed by atoms with Crippen LogP contribution in [0.5, 0.6) is 0 Å². The standard InChI is InChI=1S/C34H50O6S/c1-9-41-28(39)34(8)24-10-13-33(7)26(31(24,5)12-11-25(34)40-20(2)35)23(36)18-21-22-19-30(4,27(37)38)15-14-29(22,3)16-17-32(21,33)6/h18,22,24-26H,9-17,19H2,1-8H3,(H,37,38)/t22-,24+,25-,26+,29+,30-,31-,32+,33+,34-/m0/s1. The Labute approximate surface area is 250 Å². The van der Waals surface area contributed by atoms with Crippen molar-refractivity contribution < 1.29 is 29.0 Å². The molecular weight excluding hydrogens is 536 g/mol. The second-order valence-corrected chi connectivity index (χ2v) is 16.9. The summed E-state index contributed by atoms with van der Waals surface area (Å²) >= 11 is 1.31. The van der Waals surface area contributed by atoms with E-state index in [4.69, 9.17) is 4.74 Å². The van der Waals surface area contributed by atoms with Crippen molar-refractivity contribution in [1.82, 2.24) is 0 Å². The molecule has 5 rings (SSSR count). The highest BCUT2D eigenvalue weighted by molar-refractivity contribution is 8.13. The summed E-state index contributed by atoms with van der Waals surface area (Å²) in [5.41, 5.74) is -1.35. The second-order valence-electron chi connectivity index (χ2n) is 15.7. The largest absolute Gasteiger partial charge is 0.481 e. The Balaban J connectivity index is 1.61. The molecule has 5 aliphatic carbocycles. The Kier molecular flexibility index (Phi) is 7.28. The van der Waals surface area contributed by atoms with Crippen LogP contribution in [0.3, 0.4) is 0 Å². The molecule has 4 fully saturated rings. The number of ether oxygens (including phenoxy) is 1. The van der Waals surface area contributed by atoms with Gasteiger partial charge in [-0.1, -0.05) is 52.0 Å². The van der Waals surface area contributed by atoms with Gasteiger partial charge in [-0.05, 0) is 117 Å². The molecule has 0 heterocycles. The number of carbonyl (C=O) groups excluding carboxylic acids is 3. The number of carbonyl (C=O) groups is 4. The molecule has 7 heteroatoms. The first-order chi connectivity index (χ1) is 18.9. The number of allylic oxidation sites excluding steroid dienone is 2. The summed E-state index contributed by atoms with van der Waals surface area (Å²) in [6, 6.07) is 0. The van der Waals surface area contributed by atoms with Crippen molar-refractivity contribution in [2.75, 3.05) is 5.75 Å². The molecule has 0 bridgehead atoms. The summed E-state index contributed by atoms with van der Waals surface area (Å²) in [6.45, 7) is 16.5. The highest BCUT2D eigenvalue weighted by atomic mass is 32.2. The van der Waals surface area contributed by atoms with Crippen LogP contribution in [0, 0.1) is 50.2 Å². The van der Waals surface area contributed by atoms with Crippen LogP contribution < -0.4 is 0 Å².